The maximum atomic E-state index is 13.4. The summed E-state index contributed by atoms with van der Waals surface area (Å²) in [5, 5.41) is 11.9. The molecule has 1 aliphatic rings. The van der Waals surface area contributed by atoms with E-state index in [1.165, 1.54) is 12.1 Å². The lowest BCUT2D eigenvalue weighted by molar-refractivity contribution is 0.0232. The molecular formula is C13H15FN2O. The van der Waals surface area contributed by atoms with Crippen LogP contribution in [0, 0.1) is 17.1 Å². The van der Waals surface area contributed by atoms with E-state index >= 15 is 0 Å². The van der Waals surface area contributed by atoms with Crippen LogP contribution in [0.2, 0.25) is 0 Å². The van der Waals surface area contributed by atoms with Gasteiger partial charge >= 0.3 is 0 Å². The first-order valence-electron chi connectivity index (χ1n) is 5.77. The van der Waals surface area contributed by atoms with Crippen molar-refractivity contribution in [2.45, 2.75) is 31.9 Å². The number of benzene rings is 1. The van der Waals surface area contributed by atoms with Gasteiger partial charge in [0.05, 0.1) is 11.7 Å². The number of anilines is 1. The van der Waals surface area contributed by atoms with Gasteiger partial charge < -0.3 is 10.1 Å². The second-order valence-electron chi connectivity index (χ2n) is 4.35. The van der Waals surface area contributed by atoms with Gasteiger partial charge in [-0.2, -0.15) is 5.26 Å². The number of halogens is 1. The fourth-order valence-corrected chi connectivity index (χ4v) is 2.06. The van der Waals surface area contributed by atoms with E-state index in [0.717, 1.165) is 25.1 Å². The van der Waals surface area contributed by atoms with Gasteiger partial charge in [-0.05, 0) is 38.0 Å². The van der Waals surface area contributed by atoms with Crippen LogP contribution in [-0.4, -0.2) is 18.8 Å². The summed E-state index contributed by atoms with van der Waals surface area (Å²) in [4.78, 5) is 0. The van der Waals surface area contributed by atoms with Crippen LogP contribution in [0.3, 0.4) is 0 Å². The van der Waals surface area contributed by atoms with Crippen LogP contribution in [0.4, 0.5) is 10.1 Å². The Bertz CT molecular complexity index is 442. The molecule has 17 heavy (non-hydrogen) atoms. The van der Waals surface area contributed by atoms with Crippen LogP contribution in [0.15, 0.2) is 18.2 Å². The first-order valence-corrected chi connectivity index (χ1v) is 5.77. The fourth-order valence-electron chi connectivity index (χ4n) is 2.06. The van der Waals surface area contributed by atoms with E-state index in [9.17, 15) is 4.39 Å². The molecule has 1 aliphatic heterocycles. The highest BCUT2D eigenvalue weighted by Crippen LogP contribution is 2.20. The summed E-state index contributed by atoms with van der Waals surface area (Å²) in [6.07, 6.45) is 2.08. The first-order chi connectivity index (χ1) is 8.19. The van der Waals surface area contributed by atoms with Crippen LogP contribution in [0.25, 0.3) is 0 Å². The van der Waals surface area contributed by atoms with Gasteiger partial charge in [0, 0.05) is 18.3 Å². The molecule has 0 radical (unpaired) electrons. The fraction of sp³-hybridized carbons (Fsp3) is 0.462. The Morgan fingerprint density at radius 1 is 1.53 bits per heavy atom. The highest BCUT2D eigenvalue weighted by atomic mass is 19.1. The van der Waals surface area contributed by atoms with E-state index in [0.29, 0.717) is 6.04 Å². The second kappa shape index (κ2) is 5.15. The molecule has 1 N–H and O–H groups in total. The Labute approximate surface area is 100 Å². The standard InChI is InChI=1S/C13H15FN2O/c1-9-6-12(4-5-17-9)16-11-3-2-10(8-15)13(14)7-11/h2-3,7,9,12,16H,4-6H2,1H3. The topological polar surface area (TPSA) is 45.0 Å². The predicted molar refractivity (Wildman–Crippen MR) is 63.2 cm³/mol. The van der Waals surface area contributed by atoms with Gasteiger partial charge in [0.25, 0.3) is 0 Å². The highest BCUT2D eigenvalue weighted by Gasteiger charge is 2.19. The monoisotopic (exact) mass is 234 g/mol. The molecule has 1 saturated heterocycles. The minimum absolute atomic E-state index is 0.0795. The lowest BCUT2D eigenvalue weighted by Gasteiger charge is -2.28. The minimum Gasteiger partial charge on any atom is -0.382 e. The third-order valence-corrected chi connectivity index (χ3v) is 2.95. The Kier molecular flexibility index (Phi) is 3.60. The molecule has 0 bridgehead atoms. The maximum absolute atomic E-state index is 13.4. The molecule has 1 heterocycles. The van der Waals surface area contributed by atoms with E-state index in [1.807, 2.05) is 13.0 Å². The normalized spacial score (nSPS) is 24.1. The van der Waals surface area contributed by atoms with Crippen molar-refractivity contribution in [3.8, 4) is 6.07 Å². The van der Waals surface area contributed by atoms with Gasteiger partial charge in [0.2, 0.25) is 0 Å². The maximum Gasteiger partial charge on any atom is 0.143 e. The number of nitrogens with one attached hydrogen (secondary N) is 1. The van der Waals surface area contributed by atoms with Crippen LogP contribution in [0.1, 0.15) is 25.3 Å². The van der Waals surface area contributed by atoms with Gasteiger partial charge in [0.15, 0.2) is 0 Å². The smallest absolute Gasteiger partial charge is 0.143 e. The molecule has 90 valence electrons. The number of rotatable bonds is 2. The van der Waals surface area contributed by atoms with Crippen molar-refractivity contribution in [1.82, 2.24) is 0 Å². The van der Waals surface area contributed by atoms with E-state index < -0.39 is 5.82 Å². The molecule has 3 nitrogen and oxygen atoms in total. The Hall–Kier alpha value is -1.60. The zero-order valence-corrected chi connectivity index (χ0v) is 9.74. The van der Waals surface area contributed by atoms with Crippen molar-refractivity contribution >= 4 is 5.69 Å². The number of nitrogens with zero attached hydrogens (tertiary/aromatic N) is 1. The number of hydrogen-bond acceptors (Lipinski definition) is 3. The Morgan fingerprint density at radius 2 is 2.35 bits per heavy atom. The van der Waals surface area contributed by atoms with E-state index in [4.69, 9.17) is 10.00 Å². The van der Waals surface area contributed by atoms with Gasteiger partial charge in [0.1, 0.15) is 11.9 Å². The second-order valence-corrected chi connectivity index (χ2v) is 4.35. The summed E-state index contributed by atoms with van der Waals surface area (Å²) in [5.41, 5.74) is 0.802. The number of nitriles is 1. The summed E-state index contributed by atoms with van der Waals surface area (Å²) < 4.78 is 18.8. The van der Waals surface area contributed by atoms with E-state index in [2.05, 4.69) is 5.32 Å². The minimum atomic E-state index is -0.474. The molecule has 4 heteroatoms. The molecule has 0 aromatic heterocycles. The average Bonchev–Trinajstić information content (AvgIpc) is 2.29. The van der Waals surface area contributed by atoms with Crippen LogP contribution in [-0.2, 0) is 4.74 Å². The zero-order chi connectivity index (χ0) is 12.3. The third kappa shape index (κ3) is 2.95. The molecule has 0 saturated carbocycles. The Morgan fingerprint density at radius 3 is 3.00 bits per heavy atom. The molecular weight excluding hydrogens is 219 g/mol. The SMILES string of the molecule is CC1CC(Nc2ccc(C#N)c(F)c2)CCO1. The molecule has 1 aromatic carbocycles. The zero-order valence-electron chi connectivity index (χ0n) is 9.74. The quantitative estimate of drug-likeness (QED) is 0.855. The molecule has 0 spiro atoms. The molecule has 1 aromatic rings. The summed E-state index contributed by atoms with van der Waals surface area (Å²) >= 11 is 0. The summed E-state index contributed by atoms with van der Waals surface area (Å²) in [7, 11) is 0. The van der Waals surface area contributed by atoms with Crippen molar-refractivity contribution in [3.63, 3.8) is 0 Å². The Balaban J connectivity index is 2.04. The molecule has 2 unspecified atom stereocenters. The summed E-state index contributed by atoms with van der Waals surface area (Å²) in [6.45, 7) is 2.77. The van der Waals surface area contributed by atoms with Crippen LogP contribution in [0.5, 0.6) is 0 Å². The lowest BCUT2D eigenvalue weighted by Crippen LogP contribution is -2.32. The van der Waals surface area contributed by atoms with Crippen molar-refractivity contribution < 1.29 is 9.13 Å². The summed E-state index contributed by atoms with van der Waals surface area (Å²) in [6, 6.07) is 6.73. The third-order valence-electron chi connectivity index (χ3n) is 2.95. The molecule has 0 amide bonds. The van der Waals surface area contributed by atoms with Crippen molar-refractivity contribution in [1.29, 1.82) is 5.26 Å². The highest BCUT2D eigenvalue weighted by molar-refractivity contribution is 5.48. The largest absolute Gasteiger partial charge is 0.382 e. The van der Waals surface area contributed by atoms with Crippen LogP contribution >= 0.6 is 0 Å². The predicted octanol–water partition coefficient (Wildman–Crippen LogP) is 2.68. The van der Waals surface area contributed by atoms with Crippen molar-refractivity contribution in [2.24, 2.45) is 0 Å². The number of hydrogen-bond donors (Lipinski definition) is 1. The molecule has 1 fully saturated rings. The molecule has 2 rings (SSSR count). The average molecular weight is 234 g/mol. The lowest BCUT2D eigenvalue weighted by atomic mass is 10.0. The summed E-state index contributed by atoms with van der Waals surface area (Å²) in [5.74, 6) is -0.474. The van der Waals surface area contributed by atoms with E-state index in [1.54, 1.807) is 6.07 Å². The first kappa shape index (κ1) is 11.9. The van der Waals surface area contributed by atoms with E-state index in [-0.39, 0.29) is 11.7 Å². The van der Waals surface area contributed by atoms with Crippen molar-refractivity contribution in [3.05, 3.63) is 29.6 Å². The van der Waals surface area contributed by atoms with Gasteiger partial charge in [-0.25, -0.2) is 4.39 Å². The van der Waals surface area contributed by atoms with Gasteiger partial charge in [-0.3, -0.25) is 0 Å². The van der Waals surface area contributed by atoms with Crippen molar-refractivity contribution in [2.75, 3.05) is 11.9 Å². The number of ether oxygens (including phenoxy) is 1. The molecule has 2 atom stereocenters. The van der Waals surface area contributed by atoms with Crippen LogP contribution < -0.4 is 5.32 Å². The van der Waals surface area contributed by atoms with Gasteiger partial charge in [-0.15, -0.1) is 0 Å². The van der Waals surface area contributed by atoms with Gasteiger partial charge in [-0.1, -0.05) is 0 Å². The molecule has 0 aliphatic carbocycles.